The highest BCUT2D eigenvalue weighted by atomic mass is 19.1. The molecule has 104 valence electrons. The molecule has 1 aromatic rings. The van der Waals surface area contributed by atoms with Gasteiger partial charge in [0.25, 0.3) is 5.69 Å². The Morgan fingerprint density at radius 1 is 1.16 bits per heavy atom. The van der Waals surface area contributed by atoms with E-state index in [-0.39, 0.29) is 11.7 Å². The summed E-state index contributed by atoms with van der Waals surface area (Å²) in [6.45, 7) is 0. The summed E-state index contributed by atoms with van der Waals surface area (Å²) in [6.07, 6.45) is 6.02. The molecule has 4 nitrogen and oxygen atoms in total. The number of anilines is 1. The average molecular weight is 270 g/mol. The number of hydrogen-bond donors (Lipinski definition) is 1. The maximum absolute atomic E-state index is 13.7. The molecule has 19 heavy (non-hydrogen) atoms. The molecule has 0 heterocycles. The van der Waals surface area contributed by atoms with Gasteiger partial charge in [-0.15, -0.1) is 0 Å². The van der Waals surface area contributed by atoms with Crippen LogP contribution in [0.2, 0.25) is 0 Å². The molecular formula is C13H16F2N2O2. The third-order valence-corrected chi connectivity index (χ3v) is 3.43. The van der Waals surface area contributed by atoms with Crippen LogP contribution < -0.4 is 5.32 Å². The predicted molar refractivity (Wildman–Crippen MR) is 68.1 cm³/mol. The molecule has 0 bridgehead atoms. The molecule has 1 saturated carbocycles. The number of hydrogen-bond acceptors (Lipinski definition) is 3. The molecule has 0 aromatic heterocycles. The second-order valence-corrected chi connectivity index (χ2v) is 4.87. The van der Waals surface area contributed by atoms with Crippen LogP contribution in [0.1, 0.15) is 38.5 Å². The molecule has 0 unspecified atom stereocenters. The van der Waals surface area contributed by atoms with E-state index in [4.69, 9.17) is 0 Å². The summed E-state index contributed by atoms with van der Waals surface area (Å²) in [4.78, 5) is 10.1. The first-order valence-electron chi connectivity index (χ1n) is 6.48. The molecule has 6 heteroatoms. The molecule has 2 rings (SSSR count). The molecule has 1 fully saturated rings. The van der Waals surface area contributed by atoms with E-state index in [0.717, 1.165) is 44.6 Å². The molecule has 0 radical (unpaired) electrons. The van der Waals surface area contributed by atoms with Gasteiger partial charge in [0.1, 0.15) is 11.5 Å². The fourth-order valence-corrected chi connectivity index (χ4v) is 2.47. The van der Waals surface area contributed by atoms with Gasteiger partial charge in [0.15, 0.2) is 5.82 Å². The summed E-state index contributed by atoms with van der Waals surface area (Å²) in [5.41, 5.74) is -0.736. The predicted octanol–water partition coefficient (Wildman–Crippen LogP) is 4.01. The third-order valence-electron chi connectivity index (χ3n) is 3.43. The van der Waals surface area contributed by atoms with E-state index < -0.39 is 22.2 Å². The summed E-state index contributed by atoms with van der Waals surface area (Å²) < 4.78 is 26.8. The van der Waals surface area contributed by atoms with Crippen molar-refractivity contribution in [1.82, 2.24) is 0 Å². The van der Waals surface area contributed by atoms with Crippen molar-refractivity contribution in [2.24, 2.45) is 0 Å². The summed E-state index contributed by atoms with van der Waals surface area (Å²) in [7, 11) is 0. The molecular weight excluding hydrogens is 254 g/mol. The number of rotatable bonds is 3. The zero-order valence-electron chi connectivity index (χ0n) is 10.5. The first kappa shape index (κ1) is 13.7. The molecule has 0 aliphatic heterocycles. The Labute approximate surface area is 110 Å². The lowest BCUT2D eigenvalue weighted by atomic mass is 10.1. The minimum Gasteiger partial charge on any atom is -0.374 e. The van der Waals surface area contributed by atoms with Gasteiger partial charge >= 0.3 is 0 Å². The zero-order chi connectivity index (χ0) is 13.8. The van der Waals surface area contributed by atoms with Crippen LogP contribution in [0, 0.1) is 21.7 Å². The molecule has 1 aliphatic carbocycles. The maximum atomic E-state index is 13.7. The van der Waals surface area contributed by atoms with Crippen molar-refractivity contribution >= 4 is 11.4 Å². The quantitative estimate of drug-likeness (QED) is 0.513. The van der Waals surface area contributed by atoms with Gasteiger partial charge < -0.3 is 5.32 Å². The summed E-state index contributed by atoms with van der Waals surface area (Å²) >= 11 is 0. The smallest absolute Gasteiger partial charge is 0.298 e. The summed E-state index contributed by atoms with van der Waals surface area (Å²) in [5, 5.41) is 13.8. The van der Waals surface area contributed by atoms with Gasteiger partial charge in [0, 0.05) is 12.1 Å². The molecule has 1 N–H and O–H groups in total. The molecule has 0 saturated heterocycles. The van der Waals surface area contributed by atoms with E-state index in [1.165, 1.54) is 0 Å². The Morgan fingerprint density at radius 3 is 2.37 bits per heavy atom. The van der Waals surface area contributed by atoms with Crippen LogP contribution in [0.15, 0.2) is 12.1 Å². The van der Waals surface area contributed by atoms with Gasteiger partial charge in [-0.05, 0) is 12.8 Å². The van der Waals surface area contributed by atoms with Crippen molar-refractivity contribution in [3.63, 3.8) is 0 Å². The second kappa shape index (κ2) is 5.95. The molecule has 0 spiro atoms. The van der Waals surface area contributed by atoms with Crippen molar-refractivity contribution < 1.29 is 13.7 Å². The zero-order valence-corrected chi connectivity index (χ0v) is 10.5. The Hall–Kier alpha value is -1.72. The molecule has 1 aromatic carbocycles. The minimum atomic E-state index is -0.935. The highest BCUT2D eigenvalue weighted by molar-refractivity contribution is 5.62. The van der Waals surface area contributed by atoms with E-state index in [1.54, 1.807) is 0 Å². The van der Waals surface area contributed by atoms with Crippen molar-refractivity contribution in [3.05, 3.63) is 33.9 Å². The van der Waals surface area contributed by atoms with Crippen LogP contribution in [0.5, 0.6) is 0 Å². The van der Waals surface area contributed by atoms with Crippen molar-refractivity contribution in [2.75, 3.05) is 5.32 Å². The van der Waals surface area contributed by atoms with E-state index >= 15 is 0 Å². The number of nitrogens with zero attached hydrogens (tertiary/aromatic N) is 1. The maximum Gasteiger partial charge on any atom is 0.298 e. The van der Waals surface area contributed by atoms with Crippen LogP contribution in [-0.4, -0.2) is 11.0 Å². The SMILES string of the molecule is O=[N+]([O-])c1cc(F)cc(F)c1NC1CCCCCC1. The topological polar surface area (TPSA) is 55.2 Å². The van der Waals surface area contributed by atoms with Gasteiger partial charge in [0.05, 0.1) is 11.0 Å². The lowest BCUT2D eigenvalue weighted by Gasteiger charge is -2.18. The van der Waals surface area contributed by atoms with Crippen molar-refractivity contribution in [2.45, 2.75) is 44.6 Å². The first-order valence-corrected chi connectivity index (χ1v) is 6.48. The monoisotopic (exact) mass is 270 g/mol. The van der Waals surface area contributed by atoms with Gasteiger partial charge in [-0.2, -0.15) is 0 Å². The van der Waals surface area contributed by atoms with Crippen LogP contribution in [0.3, 0.4) is 0 Å². The van der Waals surface area contributed by atoms with Gasteiger partial charge in [0.2, 0.25) is 0 Å². The first-order chi connectivity index (χ1) is 9.08. The van der Waals surface area contributed by atoms with Gasteiger partial charge in [-0.3, -0.25) is 10.1 Å². The Bertz CT molecular complexity index is 472. The van der Waals surface area contributed by atoms with Crippen molar-refractivity contribution in [3.8, 4) is 0 Å². The van der Waals surface area contributed by atoms with Crippen LogP contribution in [-0.2, 0) is 0 Å². The highest BCUT2D eigenvalue weighted by Gasteiger charge is 2.23. The van der Waals surface area contributed by atoms with Crippen LogP contribution in [0.25, 0.3) is 0 Å². The lowest BCUT2D eigenvalue weighted by molar-refractivity contribution is -0.384. The standard InChI is InChI=1S/C13H16F2N2O2/c14-9-7-11(15)13(12(8-9)17(18)19)16-10-5-3-1-2-4-6-10/h7-8,10,16H,1-6H2. The van der Waals surface area contributed by atoms with E-state index in [0.29, 0.717) is 6.07 Å². The number of nitrogens with one attached hydrogen (secondary N) is 1. The summed E-state index contributed by atoms with van der Waals surface area (Å²) in [6, 6.07) is 1.44. The Morgan fingerprint density at radius 2 is 1.79 bits per heavy atom. The third kappa shape index (κ3) is 3.39. The molecule has 0 amide bonds. The van der Waals surface area contributed by atoms with E-state index in [1.807, 2.05) is 0 Å². The number of halogens is 2. The fraction of sp³-hybridized carbons (Fsp3) is 0.538. The number of benzene rings is 1. The average Bonchev–Trinajstić information content (AvgIpc) is 2.60. The Kier molecular flexibility index (Phi) is 4.29. The molecule has 1 aliphatic rings. The minimum absolute atomic E-state index is 0.0150. The normalized spacial score (nSPS) is 16.9. The lowest BCUT2D eigenvalue weighted by Crippen LogP contribution is -2.20. The van der Waals surface area contributed by atoms with Gasteiger partial charge in [-0.1, -0.05) is 25.7 Å². The summed E-state index contributed by atoms with van der Waals surface area (Å²) in [5.74, 6) is -1.84. The van der Waals surface area contributed by atoms with E-state index in [2.05, 4.69) is 5.32 Å². The fourth-order valence-electron chi connectivity index (χ4n) is 2.47. The van der Waals surface area contributed by atoms with E-state index in [9.17, 15) is 18.9 Å². The second-order valence-electron chi connectivity index (χ2n) is 4.87. The number of nitro groups is 1. The largest absolute Gasteiger partial charge is 0.374 e. The molecule has 0 atom stereocenters. The highest BCUT2D eigenvalue weighted by Crippen LogP contribution is 2.31. The van der Waals surface area contributed by atoms with Crippen LogP contribution in [0.4, 0.5) is 20.2 Å². The Balaban J connectivity index is 2.25. The van der Waals surface area contributed by atoms with Gasteiger partial charge in [-0.25, -0.2) is 8.78 Å². The number of nitro benzene ring substituents is 1. The van der Waals surface area contributed by atoms with Crippen LogP contribution >= 0.6 is 0 Å². The van der Waals surface area contributed by atoms with Crippen molar-refractivity contribution in [1.29, 1.82) is 0 Å².